The van der Waals surface area contributed by atoms with E-state index in [1.54, 1.807) is 6.20 Å². The maximum atomic E-state index is 13.3. The zero-order valence-electron chi connectivity index (χ0n) is 19.2. The van der Waals surface area contributed by atoms with Crippen LogP contribution < -0.4 is 5.73 Å². The first-order valence-corrected chi connectivity index (χ1v) is 11.3. The van der Waals surface area contributed by atoms with Gasteiger partial charge in [-0.1, -0.05) is 12.1 Å². The molecule has 1 aliphatic rings. The largest absolute Gasteiger partial charge is 0.383 e. The van der Waals surface area contributed by atoms with Crippen LogP contribution in [0.3, 0.4) is 0 Å². The van der Waals surface area contributed by atoms with E-state index >= 15 is 0 Å². The molecule has 3 aromatic heterocycles. The normalized spacial score (nSPS) is 15.1. The molecule has 0 bridgehead atoms. The molecule has 0 aliphatic carbocycles. The summed E-state index contributed by atoms with van der Waals surface area (Å²) in [6.45, 7) is 9.43. The summed E-state index contributed by atoms with van der Waals surface area (Å²) in [5.41, 5.74) is 9.18. The second kappa shape index (κ2) is 8.40. The van der Waals surface area contributed by atoms with Crippen LogP contribution in [0.15, 0.2) is 36.5 Å². The fourth-order valence-electron chi connectivity index (χ4n) is 4.36. The highest BCUT2D eigenvalue weighted by molar-refractivity contribution is 5.98. The van der Waals surface area contributed by atoms with Crippen molar-refractivity contribution >= 4 is 33.7 Å². The minimum Gasteiger partial charge on any atom is -0.383 e. The van der Waals surface area contributed by atoms with Crippen LogP contribution in [-0.4, -0.2) is 66.6 Å². The lowest BCUT2D eigenvalue weighted by Gasteiger charge is -2.34. The first-order chi connectivity index (χ1) is 15.9. The average molecular weight is 445 g/mol. The molecular formula is C24H28N8O. The lowest BCUT2D eigenvalue weighted by molar-refractivity contribution is 0.0624. The molecule has 1 fully saturated rings. The summed E-state index contributed by atoms with van der Waals surface area (Å²) in [6.07, 6.45) is 1.78. The lowest BCUT2D eigenvalue weighted by atomic mass is 10.1. The van der Waals surface area contributed by atoms with Crippen LogP contribution in [0.25, 0.3) is 21.9 Å². The summed E-state index contributed by atoms with van der Waals surface area (Å²) >= 11 is 0. The summed E-state index contributed by atoms with van der Waals surface area (Å²) < 4.78 is 1.89. The Labute approximate surface area is 192 Å². The van der Waals surface area contributed by atoms with Crippen molar-refractivity contribution in [3.05, 3.63) is 53.6 Å². The molecule has 4 heterocycles. The summed E-state index contributed by atoms with van der Waals surface area (Å²) in [5, 5.41) is 6.19. The van der Waals surface area contributed by atoms with Gasteiger partial charge < -0.3 is 10.6 Å². The van der Waals surface area contributed by atoms with Gasteiger partial charge in [0.05, 0.1) is 29.5 Å². The van der Waals surface area contributed by atoms with Crippen LogP contribution in [0.1, 0.15) is 41.8 Å². The molecule has 1 aliphatic heterocycles. The Morgan fingerprint density at radius 2 is 1.85 bits per heavy atom. The van der Waals surface area contributed by atoms with Crippen molar-refractivity contribution in [3.8, 4) is 0 Å². The second-order valence-electron chi connectivity index (χ2n) is 8.83. The van der Waals surface area contributed by atoms with E-state index < -0.39 is 0 Å². The smallest absolute Gasteiger partial charge is 0.255 e. The number of piperazine rings is 1. The topological polar surface area (TPSA) is 106 Å². The molecule has 0 unspecified atom stereocenters. The minimum atomic E-state index is 0.0186. The zero-order valence-corrected chi connectivity index (χ0v) is 19.2. The predicted octanol–water partition coefficient (Wildman–Crippen LogP) is 2.80. The number of nitrogens with two attached hydrogens (primary N) is 1. The fourth-order valence-corrected chi connectivity index (χ4v) is 4.36. The van der Waals surface area contributed by atoms with E-state index in [9.17, 15) is 4.79 Å². The van der Waals surface area contributed by atoms with Crippen molar-refractivity contribution < 1.29 is 4.79 Å². The number of para-hydroxylation sites is 1. The van der Waals surface area contributed by atoms with Crippen molar-refractivity contribution in [2.75, 3.05) is 31.9 Å². The summed E-state index contributed by atoms with van der Waals surface area (Å²) in [5.74, 6) is 1.23. The van der Waals surface area contributed by atoms with Crippen molar-refractivity contribution in [2.45, 2.75) is 33.4 Å². The Balaban J connectivity index is 1.27. The molecule has 1 aromatic carbocycles. The van der Waals surface area contributed by atoms with Gasteiger partial charge in [0, 0.05) is 43.0 Å². The third kappa shape index (κ3) is 4.00. The molecule has 33 heavy (non-hydrogen) atoms. The molecule has 2 N–H and O–H groups in total. The highest BCUT2D eigenvalue weighted by Crippen LogP contribution is 2.22. The van der Waals surface area contributed by atoms with Crippen LogP contribution in [0.5, 0.6) is 0 Å². The van der Waals surface area contributed by atoms with E-state index in [2.05, 4.69) is 33.8 Å². The summed E-state index contributed by atoms with van der Waals surface area (Å²) in [7, 11) is 0. The Bertz CT molecular complexity index is 1340. The SMILES string of the molecule is Cc1nc2c(cnn2C(C)C)cc1C(=O)N1CCN(Cc2nc(N)c3ccccc3n2)CC1. The Kier molecular flexibility index (Phi) is 5.41. The van der Waals surface area contributed by atoms with Gasteiger partial charge in [-0.05, 0) is 39.0 Å². The van der Waals surface area contributed by atoms with Crippen molar-refractivity contribution in [3.63, 3.8) is 0 Å². The molecular weight excluding hydrogens is 416 g/mol. The van der Waals surface area contributed by atoms with E-state index in [0.29, 0.717) is 36.8 Å². The van der Waals surface area contributed by atoms with Gasteiger partial charge in [0.25, 0.3) is 5.91 Å². The molecule has 170 valence electrons. The van der Waals surface area contributed by atoms with E-state index in [1.807, 2.05) is 46.8 Å². The number of nitrogens with zero attached hydrogens (tertiary/aromatic N) is 7. The van der Waals surface area contributed by atoms with Crippen molar-refractivity contribution in [2.24, 2.45) is 0 Å². The molecule has 9 nitrogen and oxygen atoms in total. The van der Waals surface area contributed by atoms with E-state index in [4.69, 9.17) is 10.7 Å². The first-order valence-electron chi connectivity index (χ1n) is 11.3. The molecule has 9 heteroatoms. The second-order valence-corrected chi connectivity index (χ2v) is 8.83. The lowest BCUT2D eigenvalue weighted by Crippen LogP contribution is -2.48. The number of rotatable bonds is 4. The maximum absolute atomic E-state index is 13.3. The number of amides is 1. The van der Waals surface area contributed by atoms with Crippen LogP contribution in [0.2, 0.25) is 0 Å². The van der Waals surface area contributed by atoms with Gasteiger partial charge >= 0.3 is 0 Å². The third-order valence-electron chi connectivity index (χ3n) is 6.18. The number of hydrogen-bond donors (Lipinski definition) is 1. The number of aromatic nitrogens is 5. The number of hydrogen-bond acceptors (Lipinski definition) is 7. The van der Waals surface area contributed by atoms with Gasteiger partial charge in [-0.25, -0.2) is 19.6 Å². The fraction of sp³-hybridized carbons (Fsp3) is 0.375. The molecule has 1 amide bonds. The number of benzene rings is 1. The number of aryl methyl sites for hydroxylation is 1. The third-order valence-corrected chi connectivity index (χ3v) is 6.18. The monoisotopic (exact) mass is 444 g/mol. The Morgan fingerprint density at radius 1 is 1.09 bits per heavy atom. The van der Waals surface area contributed by atoms with Crippen LogP contribution >= 0.6 is 0 Å². The van der Waals surface area contributed by atoms with Gasteiger partial charge in [0.1, 0.15) is 11.6 Å². The van der Waals surface area contributed by atoms with Gasteiger partial charge in [0.2, 0.25) is 0 Å². The van der Waals surface area contributed by atoms with Crippen molar-refractivity contribution in [1.82, 2.24) is 34.5 Å². The van der Waals surface area contributed by atoms with E-state index in [1.165, 1.54) is 0 Å². The summed E-state index contributed by atoms with van der Waals surface area (Å²) in [4.78, 5) is 31.2. The van der Waals surface area contributed by atoms with Gasteiger partial charge in [0.15, 0.2) is 5.65 Å². The Morgan fingerprint density at radius 3 is 2.61 bits per heavy atom. The number of carbonyl (C=O) groups excluding carboxylic acids is 1. The van der Waals surface area contributed by atoms with Crippen LogP contribution in [-0.2, 0) is 6.54 Å². The molecule has 0 saturated carbocycles. The maximum Gasteiger partial charge on any atom is 0.255 e. The average Bonchev–Trinajstić information content (AvgIpc) is 3.21. The minimum absolute atomic E-state index is 0.0186. The van der Waals surface area contributed by atoms with Crippen molar-refractivity contribution in [1.29, 1.82) is 0 Å². The standard InChI is InChI=1S/C24H28N8O/c1-15(2)32-23-17(13-26-32)12-19(16(3)27-23)24(33)31-10-8-30(9-11-31)14-21-28-20-7-5-4-6-18(20)22(25)29-21/h4-7,12-13,15H,8-11,14H2,1-3H3,(H2,25,28,29). The van der Waals surface area contributed by atoms with Gasteiger partial charge in [-0.3, -0.25) is 9.69 Å². The molecule has 0 atom stereocenters. The Hall–Kier alpha value is -3.59. The number of anilines is 1. The number of pyridine rings is 1. The molecule has 0 spiro atoms. The quantitative estimate of drug-likeness (QED) is 0.516. The zero-order chi connectivity index (χ0) is 23.1. The summed E-state index contributed by atoms with van der Waals surface area (Å²) in [6, 6.07) is 9.90. The van der Waals surface area contributed by atoms with E-state index in [-0.39, 0.29) is 11.9 Å². The van der Waals surface area contributed by atoms with Gasteiger partial charge in [-0.15, -0.1) is 0 Å². The molecule has 5 rings (SSSR count). The van der Waals surface area contributed by atoms with E-state index in [0.717, 1.165) is 40.7 Å². The molecule has 4 aromatic rings. The van der Waals surface area contributed by atoms with Crippen LogP contribution in [0, 0.1) is 6.92 Å². The number of carbonyl (C=O) groups is 1. The highest BCUT2D eigenvalue weighted by atomic mass is 16.2. The molecule has 1 saturated heterocycles. The van der Waals surface area contributed by atoms with Gasteiger partial charge in [-0.2, -0.15) is 5.10 Å². The van der Waals surface area contributed by atoms with Crippen LogP contribution in [0.4, 0.5) is 5.82 Å². The molecule has 0 radical (unpaired) electrons. The predicted molar refractivity (Wildman–Crippen MR) is 128 cm³/mol. The highest BCUT2D eigenvalue weighted by Gasteiger charge is 2.25. The first kappa shape index (κ1) is 21.3. The number of nitrogen functional groups attached to an aromatic ring is 1. The number of fused-ring (bicyclic) bond motifs is 2.